The molecule has 0 aromatic carbocycles. The summed E-state index contributed by atoms with van der Waals surface area (Å²) in [7, 11) is 0. The maximum atomic E-state index is 11.8. The average Bonchev–Trinajstić information content (AvgIpc) is 2.16. The molecule has 1 aromatic rings. The van der Waals surface area contributed by atoms with E-state index >= 15 is 0 Å². The summed E-state index contributed by atoms with van der Waals surface area (Å²) >= 11 is 0. The molecule has 0 spiro atoms. The molecule has 0 unspecified atom stereocenters. The summed E-state index contributed by atoms with van der Waals surface area (Å²) in [5.41, 5.74) is -0.207. The molecule has 0 aliphatic rings. The van der Waals surface area contributed by atoms with E-state index in [1.54, 1.807) is 0 Å². The number of aromatic nitrogens is 1. The molecule has 16 heavy (non-hydrogen) atoms. The van der Waals surface area contributed by atoms with Crippen molar-refractivity contribution < 1.29 is 18.1 Å². The van der Waals surface area contributed by atoms with Gasteiger partial charge in [0.25, 0.3) is 5.69 Å². The third-order valence-corrected chi connectivity index (χ3v) is 1.67. The van der Waals surface area contributed by atoms with E-state index in [0.717, 1.165) is 6.20 Å². The number of rotatable bonds is 4. The molecule has 0 fully saturated rings. The van der Waals surface area contributed by atoms with E-state index in [0.29, 0.717) is 0 Å². The Bertz CT molecular complexity index is 364. The summed E-state index contributed by atoms with van der Waals surface area (Å²) in [6.45, 7) is -0.311. The fourth-order valence-electron chi connectivity index (χ4n) is 0.931. The van der Waals surface area contributed by atoms with E-state index in [-0.39, 0.29) is 18.1 Å². The first kappa shape index (κ1) is 12.2. The second-order valence-corrected chi connectivity index (χ2v) is 2.95. The van der Waals surface area contributed by atoms with Gasteiger partial charge in [-0.1, -0.05) is 0 Å². The SMILES string of the molecule is O=[N+]([O-])c1ccc(NCCC(F)(F)F)nc1. The Morgan fingerprint density at radius 3 is 2.56 bits per heavy atom. The molecule has 88 valence electrons. The number of anilines is 1. The molecule has 0 atom stereocenters. The van der Waals surface area contributed by atoms with Crippen LogP contribution in [-0.2, 0) is 0 Å². The van der Waals surface area contributed by atoms with Gasteiger partial charge in [-0.05, 0) is 6.07 Å². The lowest BCUT2D eigenvalue weighted by atomic mass is 10.4. The number of hydrogen-bond donors (Lipinski definition) is 1. The molecule has 0 saturated carbocycles. The fourth-order valence-corrected chi connectivity index (χ4v) is 0.931. The van der Waals surface area contributed by atoms with Crippen LogP contribution in [0.25, 0.3) is 0 Å². The fraction of sp³-hybridized carbons (Fsp3) is 0.375. The number of pyridine rings is 1. The average molecular weight is 235 g/mol. The molecule has 5 nitrogen and oxygen atoms in total. The third-order valence-electron chi connectivity index (χ3n) is 1.67. The third kappa shape index (κ3) is 4.11. The molecule has 0 aliphatic heterocycles. The second-order valence-electron chi connectivity index (χ2n) is 2.95. The highest BCUT2D eigenvalue weighted by Gasteiger charge is 2.26. The smallest absolute Gasteiger partial charge is 0.370 e. The van der Waals surface area contributed by atoms with Crippen LogP contribution in [0.4, 0.5) is 24.7 Å². The van der Waals surface area contributed by atoms with Gasteiger partial charge in [0.15, 0.2) is 0 Å². The lowest BCUT2D eigenvalue weighted by Crippen LogP contribution is -2.15. The van der Waals surface area contributed by atoms with Crippen molar-refractivity contribution >= 4 is 11.5 Å². The standard InChI is InChI=1S/C8H8F3N3O2/c9-8(10,11)3-4-12-7-2-1-6(5-13-7)14(15)16/h1-2,5H,3-4H2,(H,12,13). The first-order chi connectivity index (χ1) is 7.38. The van der Waals surface area contributed by atoms with Gasteiger partial charge in [0.2, 0.25) is 0 Å². The predicted octanol–water partition coefficient (Wildman–Crippen LogP) is 2.35. The zero-order valence-electron chi connectivity index (χ0n) is 7.99. The van der Waals surface area contributed by atoms with Gasteiger partial charge in [0.05, 0.1) is 11.3 Å². The number of nitrogens with zero attached hydrogens (tertiary/aromatic N) is 2. The van der Waals surface area contributed by atoms with Crippen molar-refractivity contribution in [1.29, 1.82) is 0 Å². The van der Waals surface area contributed by atoms with Crippen LogP contribution < -0.4 is 5.32 Å². The second kappa shape index (κ2) is 4.77. The Hall–Kier alpha value is -1.86. The number of hydrogen-bond acceptors (Lipinski definition) is 4. The highest BCUT2D eigenvalue weighted by atomic mass is 19.4. The number of nitro groups is 1. The molecular weight excluding hydrogens is 227 g/mol. The number of halogens is 3. The molecule has 0 amide bonds. The summed E-state index contributed by atoms with van der Waals surface area (Å²) < 4.78 is 35.3. The van der Waals surface area contributed by atoms with Crippen LogP contribution >= 0.6 is 0 Å². The van der Waals surface area contributed by atoms with Crippen LogP contribution in [0, 0.1) is 10.1 Å². The maximum absolute atomic E-state index is 11.8. The van der Waals surface area contributed by atoms with Crippen LogP contribution in [0.15, 0.2) is 18.3 Å². The lowest BCUT2D eigenvalue weighted by molar-refractivity contribution is -0.385. The molecule has 1 heterocycles. The van der Waals surface area contributed by atoms with Crippen LogP contribution in [0.1, 0.15) is 6.42 Å². The first-order valence-electron chi connectivity index (χ1n) is 4.29. The van der Waals surface area contributed by atoms with Crippen molar-refractivity contribution in [1.82, 2.24) is 4.98 Å². The lowest BCUT2D eigenvalue weighted by Gasteiger charge is -2.07. The quantitative estimate of drug-likeness (QED) is 0.642. The Morgan fingerprint density at radius 2 is 2.12 bits per heavy atom. The maximum Gasteiger partial charge on any atom is 0.390 e. The summed E-state index contributed by atoms with van der Waals surface area (Å²) in [6, 6.07) is 2.43. The van der Waals surface area contributed by atoms with Crippen LogP contribution in [0.5, 0.6) is 0 Å². The van der Waals surface area contributed by atoms with E-state index in [2.05, 4.69) is 10.3 Å². The van der Waals surface area contributed by atoms with Crippen LogP contribution in [-0.4, -0.2) is 22.6 Å². The largest absolute Gasteiger partial charge is 0.390 e. The minimum absolute atomic E-state index is 0.176. The van der Waals surface area contributed by atoms with Gasteiger partial charge in [-0.25, -0.2) is 4.98 Å². The number of alkyl halides is 3. The Balaban J connectivity index is 2.47. The normalized spacial score (nSPS) is 11.2. The van der Waals surface area contributed by atoms with Crippen molar-refractivity contribution in [2.45, 2.75) is 12.6 Å². The van der Waals surface area contributed by atoms with Crippen molar-refractivity contribution in [2.24, 2.45) is 0 Å². The van der Waals surface area contributed by atoms with E-state index < -0.39 is 17.5 Å². The first-order valence-corrected chi connectivity index (χ1v) is 4.29. The summed E-state index contributed by atoms with van der Waals surface area (Å²) in [4.78, 5) is 13.2. The summed E-state index contributed by atoms with van der Waals surface area (Å²) in [5.74, 6) is 0.176. The summed E-state index contributed by atoms with van der Waals surface area (Å²) in [6.07, 6.45) is -4.23. The Labute approximate surface area is 88.4 Å². The molecule has 1 aromatic heterocycles. The van der Waals surface area contributed by atoms with Crippen LogP contribution in [0.2, 0.25) is 0 Å². The van der Waals surface area contributed by atoms with E-state index in [1.165, 1.54) is 12.1 Å². The summed E-state index contributed by atoms with van der Waals surface area (Å²) in [5, 5.41) is 12.7. The Kier molecular flexibility index (Phi) is 3.64. The van der Waals surface area contributed by atoms with Crippen molar-refractivity contribution in [3.63, 3.8) is 0 Å². The van der Waals surface area contributed by atoms with Crippen LogP contribution in [0.3, 0.4) is 0 Å². The van der Waals surface area contributed by atoms with E-state index in [9.17, 15) is 23.3 Å². The van der Waals surface area contributed by atoms with Crippen molar-refractivity contribution in [3.05, 3.63) is 28.4 Å². The zero-order valence-corrected chi connectivity index (χ0v) is 7.99. The minimum Gasteiger partial charge on any atom is -0.370 e. The molecule has 0 bridgehead atoms. The van der Waals surface area contributed by atoms with Gasteiger partial charge >= 0.3 is 6.18 Å². The van der Waals surface area contributed by atoms with Gasteiger partial charge < -0.3 is 5.32 Å². The van der Waals surface area contributed by atoms with Crippen molar-refractivity contribution in [3.8, 4) is 0 Å². The topological polar surface area (TPSA) is 68.1 Å². The number of nitrogens with one attached hydrogen (secondary N) is 1. The van der Waals surface area contributed by atoms with E-state index in [1.807, 2.05) is 0 Å². The van der Waals surface area contributed by atoms with Gasteiger partial charge in [0.1, 0.15) is 12.0 Å². The van der Waals surface area contributed by atoms with Gasteiger partial charge in [-0.3, -0.25) is 10.1 Å². The molecule has 1 N–H and O–H groups in total. The highest BCUT2D eigenvalue weighted by Crippen LogP contribution is 2.19. The zero-order chi connectivity index (χ0) is 12.2. The molecule has 0 radical (unpaired) electrons. The molecule has 1 rings (SSSR count). The highest BCUT2D eigenvalue weighted by molar-refractivity contribution is 5.39. The molecule has 8 heteroatoms. The van der Waals surface area contributed by atoms with Gasteiger partial charge in [0, 0.05) is 12.6 Å². The Morgan fingerprint density at radius 1 is 1.44 bits per heavy atom. The van der Waals surface area contributed by atoms with Crippen molar-refractivity contribution in [2.75, 3.05) is 11.9 Å². The molecule has 0 saturated heterocycles. The molecular formula is C8H8F3N3O2. The molecule has 0 aliphatic carbocycles. The van der Waals surface area contributed by atoms with Gasteiger partial charge in [-0.15, -0.1) is 0 Å². The predicted molar refractivity (Wildman–Crippen MR) is 50.1 cm³/mol. The van der Waals surface area contributed by atoms with E-state index in [4.69, 9.17) is 0 Å². The minimum atomic E-state index is -4.23. The van der Waals surface area contributed by atoms with Gasteiger partial charge in [-0.2, -0.15) is 13.2 Å². The monoisotopic (exact) mass is 235 g/mol.